The van der Waals surface area contributed by atoms with Gasteiger partial charge in [0.05, 0.1) is 12.3 Å². The lowest BCUT2D eigenvalue weighted by molar-refractivity contribution is -0.127. The molecule has 1 fully saturated rings. The Bertz CT molecular complexity index is 779. The lowest BCUT2D eigenvalue weighted by atomic mass is 9.62. The van der Waals surface area contributed by atoms with E-state index < -0.39 is 5.60 Å². The maximum absolute atomic E-state index is 12.1. The molecule has 1 aromatic carbocycles. The third-order valence-corrected chi connectivity index (χ3v) is 5.61. The monoisotopic (exact) mass is 368 g/mol. The fourth-order valence-electron chi connectivity index (χ4n) is 4.30. The van der Waals surface area contributed by atoms with Crippen molar-refractivity contribution in [3.05, 3.63) is 59.4 Å². The number of ether oxygens (including phenoxy) is 1. The first kappa shape index (κ1) is 19.8. The molecule has 0 bridgehead atoms. The molecule has 0 radical (unpaired) electrons. The second kappa shape index (κ2) is 7.25. The van der Waals surface area contributed by atoms with Crippen molar-refractivity contribution < 1.29 is 9.84 Å². The van der Waals surface area contributed by atoms with E-state index in [0.717, 1.165) is 24.2 Å². The van der Waals surface area contributed by atoms with E-state index >= 15 is 0 Å². The van der Waals surface area contributed by atoms with Gasteiger partial charge in [-0.25, -0.2) is 0 Å². The molecule has 27 heavy (non-hydrogen) atoms. The van der Waals surface area contributed by atoms with Crippen LogP contribution in [-0.2, 0) is 5.60 Å². The van der Waals surface area contributed by atoms with Gasteiger partial charge in [0.25, 0.3) is 0 Å². The molecule has 0 amide bonds. The Balaban J connectivity index is 2.09. The van der Waals surface area contributed by atoms with E-state index in [2.05, 4.69) is 62.0 Å². The number of hydrogen-bond acceptors (Lipinski definition) is 4. The second-order valence-electron chi connectivity index (χ2n) is 8.80. The van der Waals surface area contributed by atoms with Crippen LogP contribution >= 0.6 is 0 Å². The normalized spacial score (nSPS) is 19.0. The predicted molar refractivity (Wildman–Crippen MR) is 109 cm³/mol. The zero-order chi connectivity index (χ0) is 19.8. The first-order valence-corrected chi connectivity index (χ1v) is 9.79. The van der Waals surface area contributed by atoms with Crippen LogP contribution in [0.1, 0.15) is 57.2 Å². The summed E-state index contributed by atoms with van der Waals surface area (Å²) < 4.78 is 5.84. The molecule has 4 nitrogen and oxygen atoms in total. The summed E-state index contributed by atoms with van der Waals surface area (Å²) in [6.45, 7) is 12.1. The Kier molecular flexibility index (Phi) is 5.33. The van der Waals surface area contributed by atoms with Gasteiger partial charge in [0.1, 0.15) is 11.4 Å². The first-order valence-electron chi connectivity index (χ1n) is 9.79. The maximum atomic E-state index is 12.1. The van der Waals surface area contributed by atoms with Crippen molar-refractivity contribution in [2.45, 2.75) is 52.2 Å². The Labute approximate surface area is 163 Å². The van der Waals surface area contributed by atoms with Crippen LogP contribution in [0, 0.1) is 5.41 Å². The smallest absolute Gasteiger partial charge is 0.138 e. The largest absolute Gasteiger partial charge is 0.489 e. The van der Waals surface area contributed by atoms with E-state index in [1.165, 1.54) is 5.56 Å². The molecule has 3 rings (SSSR count). The van der Waals surface area contributed by atoms with Gasteiger partial charge in [0.15, 0.2) is 0 Å². The highest BCUT2D eigenvalue weighted by molar-refractivity contribution is 5.42. The average molecular weight is 369 g/mol. The molecule has 146 valence electrons. The number of rotatable bonds is 6. The van der Waals surface area contributed by atoms with Crippen molar-refractivity contribution in [3.8, 4) is 5.75 Å². The number of benzene rings is 1. The van der Waals surface area contributed by atoms with Crippen LogP contribution in [0.3, 0.4) is 0 Å². The Morgan fingerprint density at radius 3 is 2.22 bits per heavy atom. The van der Waals surface area contributed by atoms with E-state index in [1.807, 2.05) is 19.9 Å². The lowest BCUT2D eigenvalue weighted by Gasteiger charge is -2.55. The SMILES string of the molecule is CC(C)Oc1cncc([C@@](O)(c2ccc(C(C)C)cc2)C2(C)CN(C)C2)c1. The molecule has 1 aromatic heterocycles. The van der Waals surface area contributed by atoms with Crippen LogP contribution < -0.4 is 4.74 Å². The first-order chi connectivity index (χ1) is 12.7. The van der Waals surface area contributed by atoms with Crippen LogP contribution in [0.2, 0.25) is 0 Å². The van der Waals surface area contributed by atoms with E-state index in [-0.39, 0.29) is 11.5 Å². The zero-order valence-electron chi connectivity index (χ0n) is 17.4. The molecule has 0 spiro atoms. The minimum Gasteiger partial charge on any atom is -0.489 e. The van der Waals surface area contributed by atoms with Crippen LogP contribution in [0.15, 0.2) is 42.7 Å². The highest BCUT2D eigenvalue weighted by Gasteiger charge is 2.55. The lowest BCUT2D eigenvalue weighted by Crippen LogP contribution is -2.63. The molecule has 0 unspecified atom stereocenters. The minimum absolute atomic E-state index is 0.0610. The highest BCUT2D eigenvalue weighted by Crippen LogP contribution is 2.50. The summed E-state index contributed by atoms with van der Waals surface area (Å²) in [7, 11) is 2.08. The highest BCUT2D eigenvalue weighted by atomic mass is 16.5. The Morgan fingerprint density at radius 2 is 1.70 bits per heavy atom. The van der Waals surface area contributed by atoms with Gasteiger partial charge < -0.3 is 14.7 Å². The molecule has 0 aliphatic carbocycles. The van der Waals surface area contributed by atoms with E-state index in [9.17, 15) is 5.11 Å². The summed E-state index contributed by atoms with van der Waals surface area (Å²) in [5.41, 5.74) is 1.55. The van der Waals surface area contributed by atoms with Crippen LogP contribution in [-0.4, -0.2) is 41.2 Å². The van der Waals surface area contributed by atoms with Crippen molar-refractivity contribution in [2.24, 2.45) is 5.41 Å². The maximum Gasteiger partial charge on any atom is 0.138 e. The van der Waals surface area contributed by atoms with Gasteiger partial charge in [0.2, 0.25) is 0 Å². The van der Waals surface area contributed by atoms with Gasteiger partial charge in [-0.1, -0.05) is 45.0 Å². The summed E-state index contributed by atoms with van der Waals surface area (Å²) in [4.78, 5) is 6.60. The molecule has 0 saturated carbocycles. The van der Waals surface area contributed by atoms with Gasteiger partial charge in [0, 0.05) is 30.3 Å². The van der Waals surface area contributed by atoms with Crippen molar-refractivity contribution in [1.29, 1.82) is 0 Å². The van der Waals surface area contributed by atoms with Crippen LogP contribution in [0.4, 0.5) is 0 Å². The minimum atomic E-state index is -1.13. The van der Waals surface area contributed by atoms with Crippen LogP contribution in [0.5, 0.6) is 5.75 Å². The number of aliphatic hydroxyl groups is 1. The molecule has 2 heterocycles. The summed E-state index contributed by atoms with van der Waals surface area (Å²) >= 11 is 0. The topological polar surface area (TPSA) is 45.6 Å². The van der Waals surface area contributed by atoms with Gasteiger partial charge in [-0.15, -0.1) is 0 Å². The van der Waals surface area contributed by atoms with Crippen LogP contribution in [0.25, 0.3) is 0 Å². The predicted octanol–water partition coefficient (Wildman–Crippen LogP) is 4.18. The van der Waals surface area contributed by atoms with Crippen molar-refractivity contribution in [3.63, 3.8) is 0 Å². The average Bonchev–Trinajstić information content (AvgIpc) is 2.59. The number of hydrogen-bond donors (Lipinski definition) is 1. The van der Waals surface area contributed by atoms with Gasteiger partial charge in [-0.2, -0.15) is 0 Å². The van der Waals surface area contributed by atoms with Gasteiger partial charge >= 0.3 is 0 Å². The fraction of sp³-hybridized carbons (Fsp3) is 0.522. The third kappa shape index (κ3) is 3.61. The molecule has 1 aliphatic heterocycles. The Morgan fingerprint density at radius 1 is 1.07 bits per heavy atom. The molecule has 1 atom stereocenters. The number of likely N-dealkylation sites (tertiary alicyclic amines) is 1. The van der Waals surface area contributed by atoms with Crippen molar-refractivity contribution in [2.75, 3.05) is 20.1 Å². The molecule has 1 aliphatic rings. The summed E-state index contributed by atoms with van der Waals surface area (Å²) in [5.74, 6) is 1.15. The van der Waals surface area contributed by atoms with Crippen molar-refractivity contribution >= 4 is 0 Å². The van der Waals surface area contributed by atoms with Gasteiger partial charge in [-0.3, -0.25) is 4.98 Å². The van der Waals surface area contributed by atoms with Crippen molar-refractivity contribution in [1.82, 2.24) is 9.88 Å². The Hall–Kier alpha value is -1.91. The second-order valence-corrected chi connectivity index (χ2v) is 8.80. The molecule has 1 N–H and O–H groups in total. The standard InChI is InChI=1S/C23H32N2O2/c1-16(2)18-7-9-19(10-8-18)23(26,22(5)14-25(6)15-22)20-11-21(13-24-12-20)27-17(3)4/h7-13,16-17,26H,14-15H2,1-6H3/t23-/m0/s1. The van der Waals surface area contributed by atoms with E-state index in [0.29, 0.717) is 11.7 Å². The van der Waals surface area contributed by atoms with Gasteiger partial charge in [-0.05, 0) is 44.0 Å². The molecule has 4 heteroatoms. The quantitative estimate of drug-likeness (QED) is 0.831. The molecular weight excluding hydrogens is 336 g/mol. The summed E-state index contributed by atoms with van der Waals surface area (Å²) in [6, 6.07) is 10.3. The van der Waals surface area contributed by atoms with E-state index in [4.69, 9.17) is 4.74 Å². The molecule has 2 aromatic rings. The summed E-state index contributed by atoms with van der Waals surface area (Å²) in [5, 5.41) is 12.1. The molecular formula is C23H32N2O2. The zero-order valence-corrected chi connectivity index (χ0v) is 17.4. The number of pyridine rings is 1. The number of nitrogens with zero attached hydrogens (tertiary/aromatic N) is 2. The third-order valence-electron chi connectivity index (χ3n) is 5.61. The van der Waals surface area contributed by atoms with E-state index in [1.54, 1.807) is 12.4 Å². The summed E-state index contributed by atoms with van der Waals surface area (Å²) in [6.07, 6.45) is 3.54. The fourth-order valence-corrected chi connectivity index (χ4v) is 4.30. The molecule has 1 saturated heterocycles. The number of aromatic nitrogens is 1.